The normalized spacial score (nSPS) is 16.2. The summed E-state index contributed by atoms with van der Waals surface area (Å²) >= 11 is 1.71. The zero-order chi connectivity index (χ0) is 21.8. The second-order valence-electron chi connectivity index (χ2n) is 7.82. The minimum atomic E-state index is -0.0391. The molecule has 4 heterocycles. The number of amides is 1. The summed E-state index contributed by atoms with van der Waals surface area (Å²) in [4.78, 5) is 29.3. The molecule has 7 nitrogen and oxygen atoms in total. The van der Waals surface area contributed by atoms with Crippen LogP contribution >= 0.6 is 11.8 Å². The highest BCUT2D eigenvalue weighted by molar-refractivity contribution is 7.98. The van der Waals surface area contributed by atoms with E-state index in [-0.39, 0.29) is 11.9 Å². The van der Waals surface area contributed by atoms with Crippen LogP contribution in [0.2, 0.25) is 0 Å². The quantitative estimate of drug-likeness (QED) is 0.456. The van der Waals surface area contributed by atoms with Gasteiger partial charge in [0.05, 0.1) is 5.69 Å². The third kappa shape index (κ3) is 4.75. The molecule has 1 aliphatic rings. The SMILES string of the molecule is O=C(NC1CCCN(c2ncccn2)C1)c1ccc(SCc2cn3ccccc3n2)cc1. The number of anilines is 1. The molecule has 8 heteroatoms. The van der Waals surface area contributed by atoms with E-state index in [1.165, 1.54) is 0 Å². The molecule has 162 valence electrons. The van der Waals surface area contributed by atoms with E-state index in [0.717, 1.165) is 53.9 Å². The van der Waals surface area contributed by atoms with Crippen LogP contribution in [0.15, 0.2) is 78.2 Å². The second-order valence-corrected chi connectivity index (χ2v) is 8.87. The number of imidazole rings is 1. The number of piperidine rings is 1. The van der Waals surface area contributed by atoms with Gasteiger partial charge in [0, 0.05) is 60.1 Å². The first-order valence-electron chi connectivity index (χ1n) is 10.7. The van der Waals surface area contributed by atoms with Crippen LogP contribution in [0.1, 0.15) is 28.9 Å². The minimum Gasteiger partial charge on any atom is -0.348 e. The maximum atomic E-state index is 12.8. The molecule has 32 heavy (non-hydrogen) atoms. The highest BCUT2D eigenvalue weighted by Crippen LogP contribution is 2.23. The molecule has 1 atom stereocenters. The molecule has 5 rings (SSSR count). The molecule has 1 fully saturated rings. The lowest BCUT2D eigenvalue weighted by Gasteiger charge is -2.33. The number of hydrogen-bond acceptors (Lipinski definition) is 6. The van der Waals surface area contributed by atoms with Gasteiger partial charge in [0.2, 0.25) is 5.95 Å². The van der Waals surface area contributed by atoms with Crippen molar-refractivity contribution in [3.63, 3.8) is 0 Å². The van der Waals surface area contributed by atoms with Crippen LogP contribution in [-0.2, 0) is 5.75 Å². The number of aromatic nitrogens is 4. The lowest BCUT2D eigenvalue weighted by atomic mass is 10.1. The zero-order valence-corrected chi connectivity index (χ0v) is 18.4. The fourth-order valence-corrected chi connectivity index (χ4v) is 4.70. The monoisotopic (exact) mass is 444 g/mol. The maximum Gasteiger partial charge on any atom is 0.251 e. The van der Waals surface area contributed by atoms with Gasteiger partial charge in [0.25, 0.3) is 5.91 Å². The molecule has 0 bridgehead atoms. The molecule has 3 aromatic heterocycles. The van der Waals surface area contributed by atoms with Gasteiger partial charge >= 0.3 is 0 Å². The molecular weight excluding hydrogens is 420 g/mol. The second kappa shape index (κ2) is 9.40. The van der Waals surface area contributed by atoms with Crippen molar-refractivity contribution < 1.29 is 4.79 Å². The Bertz CT molecular complexity index is 1160. The van der Waals surface area contributed by atoms with Gasteiger partial charge < -0.3 is 14.6 Å². The fraction of sp³-hybridized carbons (Fsp3) is 0.250. The Morgan fingerprint density at radius 3 is 2.75 bits per heavy atom. The summed E-state index contributed by atoms with van der Waals surface area (Å²) in [5.41, 5.74) is 2.66. The summed E-state index contributed by atoms with van der Waals surface area (Å²) in [5, 5.41) is 3.17. The Morgan fingerprint density at radius 1 is 1.09 bits per heavy atom. The molecule has 1 N–H and O–H groups in total. The molecule has 1 saturated heterocycles. The average Bonchev–Trinajstić information content (AvgIpc) is 3.27. The molecular formula is C24H24N6OS. The van der Waals surface area contributed by atoms with Crippen LogP contribution < -0.4 is 10.2 Å². The molecule has 0 saturated carbocycles. The van der Waals surface area contributed by atoms with Crippen LogP contribution in [-0.4, -0.2) is 44.4 Å². The van der Waals surface area contributed by atoms with Gasteiger partial charge in [-0.1, -0.05) is 6.07 Å². The van der Waals surface area contributed by atoms with Gasteiger partial charge in [-0.05, 0) is 55.3 Å². The maximum absolute atomic E-state index is 12.8. The van der Waals surface area contributed by atoms with Crippen LogP contribution in [0.3, 0.4) is 0 Å². The number of rotatable bonds is 6. The van der Waals surface area contributed by atoms with Crippen molar-refractivity contribution in [3.05, 3.63) is 84.6 Å². The van der Waals surface area contributed by atoms with Crippen molar-refractivity contribution >= 4 is 29.3 Å². The Kier molecular flexibility index (Phi) is 6.02. The van der Waals surface area contributed by atoms with Crippen molar-refractivity contribution in [2.45, 2.75) is 29.5 Å². The number of nitrogens with zero attached hydrogens (tertiary/aromatic N) is 5. The van der Waals surface area contributed by atoms with Crippen LogP contribution in [0.4, 0.5) is 5.95 Å². The Hall–Kier alpha value is -3.39. The number of nitrogens with one attached hydrogen (secondary N) is 1. The summed E-state index contributed by atoms with van der Waals surface area (Å²) in [6.45, 7) is 1.64. The summed E-state index contributed by atoms with van der Waals surface area (Å²) < 4.78 is 2.03. The number of benzene rings is 1. The summed E-state index contributed by atoms with van der Waals surface area (Å²) in [7, 11) is 0. The number of carbonyl (C=O) groups is 1. The molecule has 1 unspecified atom stereocenters. The van der Waals surface area contributed by atoms with Crippen molar-refractivity contribution in [3.8, 4) is 0 Å². The smallest absolute Gasteiger partial charge is 0.251 e. The summed E-state index contributed by atoms with van der Waals surface area (Å²) in [5.74, 6) is 1.47. The molecule has 0 aliphatic carbocycles. The molecule has 4 aromatic rings. The summed E-state index contributed by atoms with van der Waals surface area (Å²) in [6, 6.07) is 15.7. The van der Waals surface area contributed by atoms with Crippen LogP contribution in [0.25, 0.3) is 5.65 Å². The topological polar surface area (TPSA) is 75.4 Å². The van der Waals surface area contributed by atoms with Crippen LogP contribution in [0.5, 0.6) is 0 Å². The van der Waals surface area contributed by atoms with E-state index < -0.39 is 0 Å². The van der Waals surface area contributed by atoms with Crippen molar-refractivity contribution in [1.82, 2.24) is 24.7 Å². The summed E-state index contributed by atoms with van der Waals surface area (Å²) in [6.07, 6.45) is 9.52. The fourth-order valence-electron chi connectivity index (χ4n) is 3.92. The number of hydrogen-bond donors (Lipinski definition) is 1. The zero-order valence-electron chi connectivity index (χ0n) is 17.6. The molecule has 1 amide bonds. The van der Waals surface area contributed by atoms with Gasteiger partial charge in [-0.3, -0.25) is 4.79 Å². The lowest BCUT2D eigenvalue weighted by molar-refractivity contribution is 0.0933. The van der Waals surface area contributed by atoms with E-state index >= 15 is 0 Å². The van der Waals surface area contributed by atoms with E-state index in [9.17, 15) is 4.79 Å². The highest BCUT2D eigenvalue weighted by atomic mass is 32.2. The Labute approximate surface area is 190 Å². The lowest BCUT2D eigenvalue weighted by Crippen LogP contribution is -2.48. The predicted molar refractivity (Wildman–Crippen MR) is 126 cm³/mol. The van der Waals surface area contributed by atoms with Crippen molar-refractivity contribution in [2.75, 3.05) is 18.0 Å². The highest BCUT2D eigenvalue weighted by Gasteiger charge is 2.23. The molecule has 1 aromatic carbocycles. The Morgan fingerprint density at radius 2 is 1.94 bits per heavy atom. The first kappa shape index (κ1) is 20.5. The third-order valence-corrected chi connectivity index (χ3v) is 6.55. The largest absolute Gasteiger partial charge is 0.348 e. The number of carbonyl (C=O) groups excluding carboxylic acids is 1. The van der Waals surface area contributed by atoms with Gasteiger partial charge in [-0.15, -0.1) is 11.8 Å². The van der Waals surface area contributed by atoms with E-state index in [1.54, 1.807) is 24.2 Å². The Balaban J connectivity index is 1.16. The number of pyridine rings is 1. The molecule has 0 radical (unpaired) electrons. The third-order valence-electron chi connectivity index (χ3n) is 5.51. The standard InChI is InChI=1S/C24H24N6OS/c31-23(28-19-5-3-14-30(15-19)24-25-11-4-12-26-24)18-7-9-21(10-8-18)32-17-20-16-29-13-2-1-6-22(29)27-20/h1-2,4,6-13,16,19H,3,5,14-15,17H2,(H,28,31). The molecule has 0 spiro atoms. The van der Waals surface area contributed by atoms with Gasteiger partial charge in [-0.2, -0.15) is 0 Å². The average molecular weight is 445 g/mol. The van der Waals surface area contributed by atoms with E-state index in [4.69, 9.17) is 0 Å². The first-order valence-corrected chi connectivity index (χ1v) is 11.7. The van der Waals surface area contributed by atoms with Gasteiger partial charge in [0.1, 0.15) is 5.65 Å². The van der Waals surface area contributed by atoms with E-state index in [0.29, 0.717) is 5.56 Å². The van der Waals surface area contributed by atoms with Crippen molar-refractivity contribution in [2.24, 2.45) is 0 Å². The van der Waals surface area contributed by atoms with Crippen LogP contribution in [0, 0.1) is 0 Å². The minimum absolute atomic E-state index is 0.0391. The molecule has 1 aliphatic heterocycles. The van der Waals surface area contributed by atoms with Crippen molar-refractivity contribution in [1.29, 1.82) is 0 Å². The predicted octanol–water partition coefficient (Wildman–Crippen LogP) is 3.82. The first-order chi connectivity index (χ1) is 15.7. The number of thioether (sulfide) groups is 1. The van der Waals surface area contributed by atoms with E-state index in [2.05, 4.69) is 31.4 Å². The number of fused-ring (bicyclic) bond motifs is 1. The van der Waals surface area contributed by atoms with Gasteiger partial charge in [-0.25, -0.2) is 15.0 Å². The van der Waals surface area contributed by atoms with E-state index in [1.807, 2.05) is 59.1 Å². The van der Waals surface area contributed by atoms with Gasteiger partial charge in [0.15, 0.2) is 0 Å².